The quantitative estimate of drug-likeness (QED) is 0.639. The van der Waals surface area contributed by atoms with Gasteiger partial charge in [0.2, 0.25) is 0 Å². The molecule has 0 amide bonds. The summed E-state index contributed by atoms with van der Waals surface area (Å²) in [5.41, 5.74) is 4.82. The largest absolute Gasteiger partial charge is 0.481 e. The molecule has 0 radical (unpaired) electrons. The van der Waals surface area contributed by atoms with Crippen LogP contribution in [-0.4, -0.2) is 23.3 Å². The molecule has 0 saturated heterocycles. The third kappa shape index (κ3) is 2.75. The van der Waals surface area contributed by atoms with E-state index in [1.165, 1.54) is 0 Å². The van der Waals surface area contributed by atoms with E-state index in [2.05, 4.69) is 0 Å². The molecule has 0 aliphatic heterocycles. The zero-order chi connectivity index (χ0) is 9.23. The SMILES string of the molecule is C[C@@H](N)[C@H](C(=O)O)C(F)(F)F. The summed E-state index contributed by atoms with van der Waals surface area (Å²) in [6.07, 6.45) is -4.76. The second-order valence-corrected chi connectivity index (χ2v) is 2.22. The molecule has 0 unspecified atom stereocenters. The van der Waals surface area contributed by atoms with Gasteiger partial charge in [-0.15, -0.1) is 0 Å². The van der Waals surface area contributed by atoms with Crippen molar-refractivity contribution in [1.82, 2.24) is 0 Å². The molecule has 0 fully saturated rings. The van der Waals surface area contributed by atoms with Gasteiger partial charge in [-0.25, -0.2) is 0 Å². The number of alkyl halides is 3. The number of hydrogen-bond donors (Lipinski definition) is 2. The minimum Gasteiger partial charge on any atom is -0.481 e. The van der Waals surface area contributed by atoms with Crippen LogP contribution in [0.15, 0.2) is 0 Å². The average Bonchev–Trinajstić information content (AvgIpc) is 1.54. The zero-order valence-electron chi connectivity index (χ0n) is 5.72. The number of nitrogens with two attached hydrogens (primary N) is 1. The van der Waals surface area contributed by atoms with Crippen LogP contribution in [0, 0.1) is 5.92 Å². The number of aliphatic carboxylic acids is 1. The number of halogens is 3. The summed E-state index contributed by atoms with van der Waals surface area (Å²) in [6.45, 7) is 1.01. The van der Waals surface area contributed by atoms with Crippen molar-refractivity contribution in [3.8, 4) is 0 Å². The monoisotopic (exact) mass is 171 g/mol. The first-order chi connectivity index (χ1) is 4.76. The highest BCUT2D eigenvalue weighted by atomic mass is 19.4. The van der Waals surface area contributed by atoms with E-state index in [0.717, 1.165) is 6.92 Å². The van der Waals surface area contributed by atoms with Gasteiger partial charge < -0.3 is 10.8 Å². The molecule has 3 nitrogen and oxygen atoms in total. The van der Waals surface area contributed by atoms with E-state index in [9.17, 15) is 18.0 Å². The number of carboxylic acids is 1. The minimum absolute atomic E-state index is 1.01. The lowest BCUT2D eigenvalue weighted by molar-refractivity contribution is -0.196. The Balaban J connectivity index is 4.49. The molecule has 0 aromatic rings. The van der Waals surface area contributed by atoms with E-state index >= 15 is 0 Å². The highest BCUT2D eigenvalue weighted by molar-refractivity contribution is 5.71. The van der Waals surface area contributed by atoms with Crippen LogP contribution >= 0.6 is 0 Å². The number of rotatable bonds is 2. The normalized spacial score (nSPS) is 17.5. The maximum absolute atomic E-state index is 11.8. The molecule has 0 heterocycles. The van der Waals surface area contributed by atoms with Crippen molar-refractivity contribution in [3.05, 3.63) is 0 Å². The first-order valence-corrected chi connectivity index (χ1v) is 2.82. The van der Waals surface area contributed by atoms with Crippen LogP contribution in [0.4, 0.5) is 13.2 Å². The first kappa shape index (κ1) is 10.2. The van der Waals surface area contributed by atoms with Crippen molar-refractivity contribution < 1.29 is 23.1 Å². The smallest absolute Gasteiger partial charge is 0.403 e. The van der Waals surface area contributed by atoms with Gasteiger partial charge in [0.1, 0.15) is 0 Å². The van der Waals surface area contributed by atoms with Crippen molar-refractivity contribution in [2.75, 3.05) is 0 Å². The fraction of sp³-hybridized carbons (Fsp3) is 0.800. The highest BCUT2D eigenvalue weighted by Gasteiger charge is 2.47. The van der Waals surface area contributed by atoms with E-state index < -0.39 is 24.1 Å². The topological polar surface area (TPSA) is 63.3 Å². The molecule has 0 aliphatic carbocycles. The Morgan fingerprint density at radius 3 is 1.91 bits per heavy atom. The van der Waals surface area contributed by atoms with Gasteiger partial charge in [-0.1, -0.05) is 0 Å². The fourth-order valence-corrected chi connectivity index (χ4v) is 0.663. The van der Waals surface area contributed by atoms with E-state index in [4.69, 9.17) is 10.8 Å². The maximum Gasteiger partial charge on any atom is 0.403 e. The van der Waals surface area contributed by atoms with Gasteiger partial charge in [0.25, 0.3) is 0 Å². The molecular weight excluding hydrogens is 163 g/mol. The third-order valence-corrected chi connectivity index (χ3v) is 1.14. The van der Waals surface area contributed by atoms with E-state index in [1.54, 1.807) is 0 Å². The number of carboxylic acid groups (broad SMARTS) is 1. The second kappa shape index (κ2) is 3.08. The maximum atomic E-state index is 11.8. The van der Waals surface area contributed by atoms with Crippen molar-refractivity contribution in [2.24, 2.45) is 11.7 Å². The van der Waals surface area contributed by atoms with E-state index in [1.807, 2.05) is 0 Å². The lowest BCUT2D eigenvalue weighted by atomic mass is 10.0. The Bertz CT molecular complexity index is 154. The van der Waals surface area contributed by atoms with Crippen LogP contribution in [-0.2, 0) is 4.79 Å². The molecule has 0 aliphatic rings. The van der Waals surface area contributed by atoms with E-state index in [0.29, 0.717) is 0 Å². The summed E-state index contributed by atoms with van der Waals surface area (Å²) in [5.74, 6) is -4.41. The van der Waals surface area contributed by atoms with Gasteiger partial charge in [-0.05, 0) is 6.92 Å². The van der Waals surface area contributed by atoms with Crippen LogP contribution in [0.5, 0.6) is 0 Å². The van der Waals surface area contributed by atoms with Crippen molar-refractivity contribution in [3.63, 3.8) is 0 Å². The van der Waals surface area contributed by atoms with Gasteiger partial charge in [-0.2, -0.15) is 13.2 Å². The van der Waals surface area contributed by atoms with Crippen molar-refractivity contribution in [2.45, 2.75) is 19.1 Å². The summed E-state index contributed by atoms with van der Waals surface area (Å²) >= 11 is 0. The highest BCUT2D eigenvalue weighted by Crippen LogP contribution is 2.28. The summed E-state index contributed by atoms with van der Waals surface area (Å²) in [5, 5.41) is 8.08. The molecular formula is C5H8F3NO2. The lowest BCUT2D eigenvalue weighted by Gasteiger charge is -2.18. The second-order valence-electron chi connectivity index (χ2n) is 2.22. The van der Waals surface area contributed by atoms with Gasteiger partial charge in [0, 0.05) is 6.04 Å². The van der Waals surface area contributed by atoms with Gasteiger partial charge in [0.15, 0.2) is 5.92 Å². The molecule has 2 atom stereocenters. The summed E-state index contributed by atoms with van der Waals surface area (Å²) in [7, 11) is 0. The van der Waals surface area contributed by atoms with Gasteiger partial charge in [0.05, 0.1) is 0 Å². The fourth-order valence-electron chi connectivity index (χ4n) is 0.663. The molecule has 0 spiro atoms. The molecule has 0 aromatic carbocycles. The lowest BCUT2D eigenvalue weighted by Crippen LogP contribution is -2.43. The van der Waals surface area contributed by atoms with Crippen LogP contribution in [0.2, 0.25) is 0 Å². The Morgan fingerprint density at radius 1 is 1.55 bits per heavy atom. The minimum atomic E-state index is -4.76. The summed E-state index contributed by atoms with van der Waals surface area (Å²) < 4.78 is 35.3. The molecule has 0 rings (SSSR count). The number of carbonyl (C=O) groups is 1. The molecule has 0 bridgehead atoms. The third-order valence-electron chi connectivity index (χ3n) is 1.14. The first-order valence-electron chi connectivity index (χ1n) is 2.82. The molecule has 0 saturated carbocycles. The van der Waals surface area contributed by atoms with Crippen LogP contribution < -0.4 is 5.73 Å². The molecule has 11 heavy (non-hydrogen) atoms. The van der Waals surface area contributed by atoms with E-state index in [-0.39, 0.29) is 0 Å². The summed E-state index contributed by atoms with van der Waals surface area (Å²) in [6, 6.07) is -1.42. The van der Waals surface area contributed by atoms with Crippen LogP contribution in [0.3, 0.4) is 0 Å². The Hall–Kier alpha value is -0.780. The Morgan fingerprint density at radius 2 is 1.91 bits per heavy atom. The zero-order valence-corrected chi connectivity index (χ0v) is 5.72. The van der Waals surface area contributed by atoms with Gasteiger partial charge >= 0.3 is 12.1 Å². The van der Waals surface area contributed by atoms with Crippen molar-refractivity contribution in [1.29, 1.82) is 0 Å². The Labute approximate surface area is 61.0 Å². The molecule has 3 N–H and O–H groups in total. The standard InChI is InChI=1S/C5H8F3NO2/c1-2(9)3(4(10)11)5(6,7)8/h2-3H,9H2,1H3,(H,10,11)/t2-,3-/m1/s1. The Kier molecular flexibility index (Phi) is 2.86. The van der Waals surface area contributed by atoms with Crippen LogP contribution in [0.1, 0.15) is 6.92 Å². The number of hydrogen-bond acceptors (Lipinski definition) is 2. The summed E-state index contributed by atoms with van der Waals surface area (Å²) in [4.78, 5) is 9.99. The average molecular weight is 171 g/mol. The van der Waals surface area contributed by atoms with Crippen molar-refractivity contribution >= 4 is 5.97 Å². The van der Waals surface area contributed by atoms with Crippen LogP contribution in [0.25, 0.3) is 0 Å². The van der Waals surface area contributed by atoms with Gasteiger partial charge in [-0.3, -0.25) is 4.79 Å². The molecule has 0 aromatic heterocycles. The molecule has 66 valence electrons. The predicted molar refractivity (Wildman–Crippen MR) is 30.8 cm³/mol. The molecule has 6 heteroatoms. The predicted octanol–water partition coefficient (Wildman–Crippen LogP) is 0.597.